The number of pyridine rings is 1. The predicted octanol–water partition coefficient (Wildman–Crippen LogP) is 3.85. The van der Waals surface area contributed by atoms with Crippen LogP contribution in [0.4, 0.5) is 5.82 Å². The van der Waals surface area contributed by atoms with Crippen molar-refractivity contribution in [3.8, 4) is 11.5 Å². The van der Waals surface area contributed by atoms with Crippen molar-refractivity contribution in [3.63, 3.8) is 0 Å². The first kappa shape index (κ1) is 31.0. The smallest absolute Gasteiger partial charge is 0.504 e. The zero-order chi connectivity index (χ0) is 29.6. The number of imidazole rings is 1. The SMILES string of the molecule is CCCCc1nc2c(N)nc3cc(CCOCCNC(=O)CI)ccc3c2n1Cc1cccc(OP(=O)(O)O)c1O. The summed E-state index contributed by atoms with van der Waals surface area (Å²) in [6.45, 7) is 3.62. The molecule has 14 heteroatoms. The first-order valence-corrected chi connectivity index (χ1v) is 16.2. The van der Waals surface area contributed by atoms with Gasteiger partial charge in [-0.1, -0.05) is 60.2 Å². The lowest BCUT2D eigenvalue weighted by Crippen LogP contribution is -2.28. The average molecular weight is 697 g/mol. The van der Waals surface area contributed by atoms with Gasteiger partial charge in [0.25, 0.3) is 0 Å². The van der Waals surface area contributed by atoms with Crippen molar-refractivity contribution in [2.45, 2.75) is 39.2 Å². The molecular weight excluding hydrogens is 664 g/mol. The van der Waals surface area contributed by atoms with Gasteiger partial charge in [-0.2, -0.15) is 0 Å². The number of carbonyl (C=O) groups is 1. The number of phosphoric ester groups is 1. The number of nitrogens with zero attached hydrogens (tertiary/aromatic N) is 3. The van der Waals surface area contributed by atoms with Crippen LogP contribution in [0.15, 0.2) is 36.4 Å². The molecule has 2 aromatic carbocycles. The molecule has 0 bridgehead atoms. The number of carbonyl (C=O) groups excluding carboxylic acids is 1. The summed E-state index contributed by atoms with van der Waals surface area (Å²) in [6, 6.07) is 10.4. The van der Waals surface area contributed by atoms with E-state index in [-0.39, 0.29) is 29.8 Å². The fourth-order valence-electron chi connectivity index (χ4n) is 4.52. The number of rotatable bonds is 14. The second-order valence-electron chi connectivity index (χ2n) is 9.46. The van der Waals surface area contributed by atoms with Crippen LogP contribution < -0.4 is 15.6 Å². The summed E-state index contributed by atoms with van der Waals surface area (Å²) in [6.07, 6.45) is 3.15. The number of halogens is 1. The van der Waals surface area contributed by atoms with Crippen LogP contribution in [0.25, 0.3) is 21.9 Å². The maximum absolute atomic E-state index is 11.4. The molecule has 1 amide bonds. The molecule has 6 N–H and O–H groups in total. The molecule has 2 aromatic heterocycles. The number of phenols is 1. The summed E-state index contributed by atoms with van der Waals surface area (Å²) in [5.41, 5.74) is 9.80. The van der Waals surface area contributed by atoms with Crippen molar-refractivity contribution in [3.05, 3.63) is 53.3 Å². The number of alkyl halides is 1. The zero-order valence-corrected chi connectivity index (χ0v) is 25.6. The minimum absolute atomic E-state index is 0.0202. The fraction of sp³-hybridized carbons (Fsp3) is 0.370. The summed E-state index contributed by atoms with van der Waals surface area (Å²) in [5.74, 6) is 0.359. The number of amides is 1. The van der Waals surface area contributed by atoms with Gasteiger partial charge in [0, 0.05) is 23.9 Å². The molecule has 0 aliphatic rings. The molecule has 0 saturated heterocycles. The van der Waals surface area contributed by atoms with E-state index in [0.717, 1.165) is 35.1 Å². The molecule has 41 heavy (non-hydrogen) atoms. The van der Waals surface area contributed by atoms with Crippen molar-refractivity contribution in [1.82, 2.24) is 19.9 Å². The number of phosphoric acid groups is 1. The number of nitrogens with one attached hydrogen (secondary N) is 1. The normalized spacial score (nSPS) is 11.8. The molecule has 0 radical (unpaired) electrons. The highest BCUT2D eigenvalue weighted by Crippen LogP contribution is 2.43. The highest BCUT2D eigenvalue weighted by atomic mass is 127. The van der Waals surface area contributed by atoms with E-state index in [1.54, 1.807) is 12.1 Å². The molecule has 0 atom stereocenters. The van der Waals surface area contributed by atoms with Crippen LogP contribution >= 0.6 is 30.4 Å². The standard InChI is InChI=1S/C27H33IN5O7P/c1-2-3-7-22-32-24-25(33(22)16-18-5-4-6-21(26(18)35)40-41(36,37)38)19-9-8-17(14-20(19)31-27(24)29)10-12-39-13-11-30-23(34)15-28/h4-6,8-9,14,35H,2-3,7,10-13,15-16H2,1H3,(H2,29,31)(H,30,34)(H2,36,37,38). The summed E-state index contributed by atoms with van der Waals surface area (Å²) >= 11 is 2.01. The van der Waals surface area contributed by atoms with Crippen LogP contribution in [0.2, 0.25) is 0 Å². The van der Waals surface area contributed by atoms with Crippen molar-refractivity contribution >= 4 is 64.1 Å². The number of unbranched alkanes of at least 4 members (excludes halogenated alkanes) is 1. The zero-order valence-electron chi connectivity index (χ0n) is 22.5. The third-order valence-electron chi connectivity index (χ3n) is 6.45. The van der Waals surface area contributed by atoms with E-state index in [9.17, 15) is 24.3 Å². The summed E-state index contributed by atoms with van der Waals surface area (Å²) in [4.78, 5) is 39.2. The molecule has 0 spiro atoms. The quantitative estimate of drug-likeness (QED) is 0.0562. The number of aromatic nitrogens is 3. The van der Waals surface area contributed by atoms with Crippen LogP contribution in [-0.2, 0) is 33.5 Å². The largest absolute Gasteiger partial charge is 0.524 e. The topological polar surface area (TPSA) is 182 Å². The third-order valence-corrected chi connectivity index (χ3v) is 7.58. The average Bonchev–Trinajstić information content (AvgIpc) is 3.29. The van der Waals surface area contributed by atoms with E-state index < -0.39 is 7.82 Å². The van der Waals surface area contributed by atoms with Gasteiger partial charge >= 0.3 is 7.82 Å². The Balaban J connectivity index is 1.66. The molecule has 0 fully saturated rings. The number of aromatic hydroxyl groups is 1. The van der Waals surface area contributed by atoms with Crippen molar-refractivity contribution < 1.29 is 33.5 Å². The number of ether oxygens (including phenoxy) is 1. The van der Waals surface area contributed by atoms with Crippen LogP contribution in [0.1, 0.15) is 36.7 Å². The van der Waals surface area contributed by atoms with Crippen LogP contribution in [0.3, 0.4) is 0 Å². The fourth-order valence-corrected chi connectivity index (χ4v) is 5.20. The lowest BCUT2D eigenvalue weighted by atomic mass is 10.1. The number of aryl methyl sites for hydroxylation is 1. The van der Waals surface area contributed by atoms with E-state index in [2.05, 4.69) is 21.7 Å². The summed E-state index contributed by atoms with van der Waals surface area (Å²) < 4.78 is 24.1. The number of nitrogens with two attached hydrogens (primary N) is 1. The molecule has 0 aliphatic heterocycles. The number of benzene rings is 2. The van der Waals surface area contributed by atoms with Crippen LogP contribution in [0, 0.1) is 0 Å². The first-order valence-electron chi connectivity index (χ1n) is 13.1. The maximum Gasteiger partial charge on any atom is 0.524 e. The van der Waals surface area contributed by atoms with Gasteiger partial charge in [0.05, 0.1) is 35.2 Å². The third kappa shape index (κ3) is 7.86. The Morgan fingerprint density at radius 2 is 1.98 bits per heavy atom. The molecule has 220 valence electrons. The van der Waals surface area contributed by atoms with Crippen molar-refractivity contribution in [2.24, 2.45) is 0 Å². The molecular formula is C27H33IN5O7P. The minimum atomic E-state index is -4.86. The van der Waals surface area contributed by atoms with Gasteiger partial charge in [0.1, 0.15) is 11.3 Å². The first-order chi connectivity index (χ1) is 19.6. The molecule has 2 heterocycles. The number of hydrogen-bond acceptors (Lipinski definition) is 8. The maximum atomic E-state index is 11.4. The number of nitrogen functional groups attached to an aromatic ring is 1. The Labute approximate surface area is 250 Å². The Morgan fingerprint density at radius 1 is 1.17 bits per heavy atom. The van der Waals surface area contributed by atoms with Crippen molar-refractivity contribution in [2.75, 3.05) is 29.9 Å². The Hall–Kier alpha value is -2.97. The molecule has 12 nitrogen and oxygen atoms in total. The number of hydrogen-bond donors (Lipinski definition) is 5. The Bertz CT molecular complexity index is 1590. The summed E-state index contributed by atoms with van der Waals surface area (Å²) in [5, 5.41) is 14.4. The second kappa shape index (κ2) is 13.8. The van der Waals surface area contributed by atoms with Crippen molar-refractivity contribution in [1.29, 1.82) is 0 Å². The lowest BCUT2D eigenvalue weighted by molar-refractivity contribution is -0.118. The van der Waals surface area contributed by atoms with Gasteiger partial charge in [-0.15, -0.1) is 0 Å². The van der Waals surface area contributed by atoms with E-state index in [0.29, 0.717) is 53.6 Å². The second-order valence-corrected chi connectivity index (χ2v) is 11.4. The molecule has 0 aliphatic carbocycles. The van der Waals surface area contributed by atoms with Gasteiger partial charge in [0.2, 0.25) is 5.91 Å². The number of para-hydroxylation sites is 1. The Kier molecular flexibility index (Phi) is 10.4. The van der Waals surface area contributed by atoms with Gasteiger partial charge in [-0.05, 0) is 30.5 Å². The molecule has 4 rings (SSSR count). The summed E-state index contributed by atoms with van der Waals surface area (Å²) in [7, 11) is -4.86. The van der Waals surface area contributed by atoms with Gasteiger partial charge in [0.15, 0.2) is 17.3 Å². The van der Waals surface area contributed by atoms with E-state index in [1.807, 2.05) is 45.4 Å². The van der Waals surface area contributed by atoms with E-state index in [4.69, 9.17) is 15.5 Å². The van der Waals surface area contributed by atoms with Gasteiger partial charge < -0.3 is 30.0 Å². The monoisotopic (exact) mass is 697 g/mol. The molecule has 4 aromatic rings. The van der Waals surface area contributed by atoms with Crippen LogP contribution in [0.5, 0.6) is 11.5 Å². The number of anilines is 1. The lowest BCUT2D eigenvalue weighted by Gasteiger charge is -2.15. The Morgan fingerprint density at radius 3 is 2.71 bits per heavy atom. The minimum Gasteiger partial charge on any atom is -0.504 e. The molecule has 0 unspecified atom stereocenters. The number of fused-ring (bicyclic) bond motifs is 3. The van der Waals surface area contributed by atoms with Gasteiger partial charge in [-0.25, -0.2) is 14.5 Å². The number of phenolic OH excluding ortho intramolecular Hbond substituents is 1. The van der Waals surface area contributed by atoms with E-state index in [1.165, 1.54) is 6.07 Å². The highest BCUT2D eigenvalue weighted by Gasteiger charge is 2.22. The van der Waals surface area contributed by atoms with E-state index >= 15 is 0 Å². The van der Waals surface area contributed by atoms with Gasteiger partial charge in [-0.3, -0.25) is 14.6 Å². The molecule has 0 saturated carbocycles. The highest BCUT2D eigenvalue weighted by molar-refractivity contribution is 14.1. The van der Waals surface area contributed by atoms with Crippen LogP contribution in [-0.4, -0.2) is 59.5 Å². The predicted molar refractivity (Wildman–Crippen MR) is 164 cm³/mol.